The summed E-state index contributed by atoms with van der Waals surface area (Å²) in [6.45, 7) is 0.452. The predicted molar refractivity (Wildman–Crippen MR) is 48.9 cm³/mol. The van der Waals surface area contributed by atoms with Crippen LogP contribution in [0.5, 0.6) is 0 Å². The van der Waals surface area contributed by atoms with E-state index in [1.54, 1.807) is 0 Å². The summed E-state index contributed by atoms with van der Waals surface area (Å²) in [5.41, 5.74) is 0. The molecule has 0 aromatic heterocycles. The lowest BCUT2D eigenvalue weighted by molar-refractivity contribution is -0.0211. The highest BCUT2D eigenvalue weighted by atomic mass is 127. The molecule has 1 unspecified atom stereocenters. The first-order valence-corrected chi connectivity index (χ1v) is 6.46. The summed E-state index contributed by atoms with van der Waals surface area (Å²) in [5, 5.41) is 2.69. The number of alkyl halides is 2. The van der Waals surface area contributed by atoms with Crippen molar-refractivity contribution in [3.63, 3.8) is 0 Å². The van der Waals surface area contributed by atoms with Crippen molar-refractivity contribution in [2.75, 3.05) is 13.2 Å². The van der Waals surface area contributed by atoms with Crippen molar-refractivity contribution in [1.82, 2.24) is 5.32 Å². The van der Waals surface area contributed by atoms with E-state index in [2.05, 4.69) is 5.32 Å². The van der Waals surface area contributed by atoms with Crippen molar-refractivity contribution in [1.29, 1.82) is 0 Å². The average molecular weight is 295 g/mol. The highest BCUT2D eigenvalue weighted by molar-refractivity contribution is 14.2. The van der Waals surface area contributed by atoms with Crippen LogP contribution in [0.3, 0.4) is 0 Å². The second-order valence-corrected chi connectivity index (χ2v) is 3.81. The van der Waals surface area contributed by atoms with Crippen molar-refractivity contribution >= 4 is 30.4 Å². The molecule has 0 bridgehead atoms. The third-order valence-corrected chi connectivity index (χ3v) is 2.63. The summed E-state index contributed by atoms with van der Waals surface area (Å²) in [7, 11) is 1.09. The zero-order chi connectivity index (χ0) is 8.32. The molecule has 1 N–H and O–H groups in total. The molecule has 66 valence electrons. The first kappa shape index (κ1) is 9.94. The lowest BCUT2D eigenvalue weighted by atomic mass is 10.2. The van der Waals surface area contributed by atoms with E-state index in [1.807, 2.05) is 21.2 Å². The third kappa shape index (κ3) is 2.67. The number of hydrogen-bond donors (Lipinski definition) is 1. The maximum atomic E-state index is 12.8. The summed E-state index contributed by atoms with van der Waals surface area (Å²) in [6, 6.07) is -0.801. The molecule has 1 atom stereocenters. The Kier molecular flexibility index (Phi) is 3.79. The molecule has 1 saturated heterocycles. The molecule has 1 heterocycles. The molecular formula is C5H8F2INOS. The molecule has 1 fully saturated rings. The number of nitrogens with one attached hydrogen (secondary N) is 1. The zero-order valence-corrected chi connectivity index (χ0v) is 8.62. The van der Waals surface area contributed by atoms with Gasteiger partial charge in [-0.1, -0.05) is 0 Å². The minimum atomic E-state index is -2.59. The zero-order valence-electron chi connectivity index (χ0n) is 5.65. The Balaban J connectivity index is 2.32. The van der Waals surface area contributed by atoms with Crippen LogP contribution >= 0.6 is 30.4 Å². The van der Waals surface area contributed by atoms with Crippen molar-refractivity contribution in [2.24, 2.45) is 0 Å². The molecular weight excluding hydrogens is 287 g/mol. The highest BCUT2D eigenvalue weighted by Crippen LogP contribution is 2.28. The van der Waals surface area contributed by atoms with Gasteiger partial charge in [-0.3, -0.25) is 0 Å². The van der Waals surface area contributed by atoms with Crippen LogP contribution < -0.4 is 5.32 Å². The van der Waals surface area contributed by atoms with Crippen molar-refractivity contribution in [2.45, 2.75) is 18.4 Å². The van der Waals surface area contributed by atoms with Gasteiger partial charge in [0.2, 0.25) is 0 Å². The number of hydrogen-bond acceptors (Lipinski definition) is 3. The minimum Gasteiger partial charge on any atom is -0.306 e. The fourth-order valence-electron chi connectivity index (χ4n) is 1.01. The summed E-state index contributed by atoms with van der Waals surface area (Å²) >= 11 is 1.91. The van der Waals surface area contributed by atoms with E-state index < -0.39 is 12.0 Å². The van der Waals surface area contributed by atoms with Crippen molar-refractivity contribution < 1.29 is 13.0 Å². The Morgan fingerprint density at radius 3 is 2.91 bits per heavy atom. The van der Waals surface area contributed by atoms with Gasteiger partial charge in [-0.15, -0.1) is 0 Å². The van der Waals surface area contributed by atoms with Crippen LogP contribution in [-0.2, 0) is 4.18 Å². The molecule has 0 amide bonds. The van der Waals surface area contributed by atoms with Gasteiger partial charge in [-0.2, -0.15) is 0 Å². The van der Waals surface area contributed by atoms with Gasteiger partial charge in [-0.25, -0.2) is 8.78 Å². The largest absolute Gasteiger partial charge is 0.306 e. The molecule has 0 aliphatic carbocycles. The second kappa shape index (κ2) is 4.20. The quantitative estimate of drug-likeness (QED) is 0.635. The molecule has 0 saturated carbocycles. The molecule has 1 rings (SSSR count). The van der Waals surface area contributed by atoms with E-state index in [-0.39, 0.29) is 13.0 Å². The summed E-state index contributed by atoms with van der Waals surface area (Å²) < 4.78 is 30.4. The van der Waals surface area contributed by atoms with E-state index in [9.17, 15) is 8.78 Å². The molecule has 2 nitrogen and oxygen atoms in total. The van der Waals surface area contributed by atoms with Gasteiger partial charge >= 0.3 is 0 Å². The van der Waals surface area contributed by atoms with Gasteiger partial charge in [0.15, 0.2) is 0 Å². The first-order chi connectivity index (χ1) is 5.17. The van der Waals surface area contributed by atoms with Crippen LogP contribution in [0.2, 0.25) is 0 Å². The normalized spacial score (nSPS) is 29.2. The predicted octanol–water partition coefficient (Wildman–Crippen LogP) is 2.00. The molecule has 11 heavy (non-hydrogen) atoms. The molecule has 1 aliphatic rings. The van der Waals surface area contributed by atoms with Crippen LogP contribution in [0.4, 0.5) is 8.78 Å². The Labute approximate surface area is 80.2 Å². The van der Waals surface area contributed by atoms with Crippen LogP contribution in [0, 0.1) is 0 Å². The van der Waals surface area contributed by atoms with E-state index in [0.29, 0.717) is 6.54 Å². The molecule has 0 spiro atoms. The average Bonchev–Trinajstić information content (AvgIpc) is 2.25. The van der Waals surface area contributed by atoms with Crippen LogP contribution in [0.25, 0.3) is 0 Å². The molecule has 1 aliphatic heterocycles. The molecule has 0 radical (unpaired) electrons. The standard InChI is InChI=1S/C5H8F2INOS/c6-5(7)1-2-9-4(5)3-10-11-8/h4,9H,1-3H2. The minimum absolute atomic E-state index is 0.0700. The highest BCUT2D eigenvalue weighted by Gasteiger charge is 2.43. The van der Waals surface area contributed by atoms with Gasteiger partial charge in [0.25, 0.3) is 5.92 Å². The topological polar surface area (TPSA) is 21.3 Å². The van der Waals surface area contributed by atoms with Gasteiger partial charge < -0.3 is 9.50 Å². The SMILES string of the molecule is FC1(F)CCNC1COSI. The van der Waals surface area contributed by atoms with Crippen molar-refractivity contribution in [3.8, 4) is 0 Å². The van der Waals surface area contributed by atoms with Gasteiger partial charge in [0, 0.05) is 34.2 Å². The molecule has 6 heteroatoms. The van der Waals surface area contributed by atoms with E-state index >= 15 is 0 Å². The Hall–Kier alpha value is 0.860. The van der Waals surface area contributed by atoms with Crippen molar-refractivity contribution in [3.05, 3.63) is 0 Å². The fourth-order valence-corrected chi connectivity index (χ4v) is 1.64. The van der Waals surface area contributed by atoms with E-state index in [4.69, 9.17) is 4.18 Å². The molecule has 0 aromatic rings. The van der Waals surface area contributed by atoms with E-state index in [1.165, 1.54) is 0 Å². The third-order valence-electron chi connectivity index (χ3n) is 1.64. The maximum absolute atomic E-state index is 12.8. The Morgan fingerprint density at radius 2 is 2.45 bits per heavy atom. The summed E-state index contributed by atoms with van der Waals surface area (Å²) in [5.74, 6) is -2.59. The summed E-state index contributed by atoms with van der Waals surface area (Å²) in [4.78, 5) is 0. The Morgan fingerprint density at radius 1 is 1.73 bits per heavy atom. The lowest BCUT2D eigenvalue weighted by Gasteiger charge is -2.17. The first-order valence-electron chi connectivity index (χ1n) is 3.18. The number of halogens is 3. The van der Waals surface area contributed by atoms with Crippen LogP contribution in [-0.4, -0.2) is 25.1 Å². The second-order valence-electron chi connectivity index (χ2n) is 2.37. The van der Waals surface area contributed by atoms with Gasteiger partial charge in [0.05, 0.1) is 21.9 Å². The summed E-state index contributed by atoms with van der Waals surface area (Å²) in [6.07, 6.45) is -0.0764. The van der Waals surface area contributed by atoms with Crippen LogP contribution in [0.1, 0.15) is 6.42 Å². The maximum Gasteiger partial charge on any atom is 0.266 e. The molecule has 0 aromatic carbocycles. The smallest absolute Gasteiger partial charge is 0.266 e. The van der Waals surface area contributed by atoms with E-state index in [0.717, 1.165) is 9.21 Å². The lowest BCUT2D eigenvalue weighted by Crippen LogP contribution is -2.38. The van der Waals surface area contributed by atoms with Gasteiger partial charge in [0.1, 0.15) is 0 Å². The fraction of sp³-hybridized carbons (Fsp3) is 1.00. The Bertz CT molecular complexity index is 138. The number of rotatable bonds is 3. The van der Waals surface area contributed by atoms with Gasteiger partial charge in [-0.05, 0) is 0 Å². The van der Waals surface area contributed by atoms with Crippen LogP contribution in [0.15, 0.2) is 0 Å². The monoisotopic (exact) mass is 295 g/mol.